The first-order chi connectivity index (χ1) is 10.9. The van der Waals surface area contributed by atoms with Gasteiger partial charge in [-0.1, -0.05) is 42.5 Å². The lowest BCUT2D eigenvalue weighted by Gasteiger charge is -2.23. The molecule has 2 rings (SSSR count). The first-order valence-electron chi connectivity index (χ1n) is 7.76. The van der Waals surface area contributed by atoms with E-state index in [1.165, 1.54) is 4.31 Å². The zero-order valence-electron chi connectivity index (χ0n) is 13.7. The molecule has 2 aromatic carbocycles. The van der Waals surface area contributed by atoms with Crippen molar-refractivity contribution in [1.82, 2.24) is 4.31 Å². The molecule has 23 heavy (non-hydrogen) atoms. The van der Waals surface area contributed by atoms with Gasteiger partial charge < -0.3 is 5.73 Å². The summed E-state index contributed by atoms with van der Waals surface area (Å²) in [6.45, 7) is 4.97. The van der Waals surface area contributed by atoms with Crippen molar-refractivity contribution in [3.05, 3.63) is 65.2 Å². The van der Waals surface area contributed by atoms with E-state index >= 15 is 0 Å². The van der Waals surface area contributed by atoms with E-state index < -0.39 is 10.0 Å². The molecule has 124 valence electrons. The number of sulfonamides is 1. The maximum atomic E-state index is 13.1. The van der Waals surface area contributed by atoms with Gasteiger partial charge in [-0.25, -0.2) is 8.42 Å². The third-order valence-corrected chi connectivity index (χ3v) is 5.76. The number of aryl methyl sites for hydroxylation is 2. The molecule has 0 radical (unpaired) electrons. The highest BCUT2D eigenvalue weighted by molar-refractivity contribution is 7.89. The molecule has 0 aliphatic carbocycles. The first-order valence-corrected chi connectivity index (χ1v) is 9.20. The lowest BCUT2D eigenvalue weighted by molar-refractivity contribution is 0.401. The fraction of sp³-hybridized carbons (Fsp3) is 0.333. The van der Waals surface area contributed by atoms with E-state index in [4.69, 9.17) is 5.73 Å². The minimum Gasteiger partial charge on any atom is -0.330 e. The minimum atomic E-state index is -3.55. The van der Waals surface area contributed by atoms with Crippen LogP contribution in [0.4, 0.5) is 0 Å². The van der Waals surface area contributed by atoms with Crippen LogP contribution >= 0.6 is 0 Å². The standard InChI is InChI=1S/C18H24N2O2S/c1-15-9-10-16(2)18(13-15)23(21,22)20(12-6-11-19)14-17-7-4-3-5-8-17/h3-5,7-10,13H,6,11-12,14,19H2,1-2H3. The van der Waals surface area contributed by atoms with Crippen LogP contribution in [0.15, 0.2) is 53.4 Å². The third-order valence-electron chi connectivity index (χ3n) is 3.77. The Morgan fingerprint density at radius 3 is 2.39 bits per heavy atom. The van der Waals surface area contributed by atoms with Crippen LogP contribution in [0.2, 0.25) is 0 Å². The largest absolute Gasteiger partial charge is 0.330 e. The van der Waals surface area contributed by atoms with Crippen LogP contribution in [0.5, 0.6) is 0 Å². The van der Waals surface area contributed by atoms with E-state index in [1.807, 2.05) is 56.3 Å². The summed E-state index contributed by atoms with van der Waals surface area (Å²) in [6.07, 6.45) is 0.636. The second-order valence-electron chi connectivity index (χ2n) is 5.74. The summed E-state index contributed by atoms with van der Waals surface area (Å²) in [5.41, 5.74) is 8.26. The third kappa shape index (κ3) is 4.41. The molecular formula is C18H24N2O2S. The topological polar surface area (TPSA) is 63.4 Å². The Morgan fingerprint density at radius 1 is 1.04 bits per heavy atom. The summed E-state index contributed by atoms with van der Waals surface area (Å²) >= 11 is 0. The summed E-state index contributed by atoms with van der Waals surface area (Å²) in [7, 11) is -3.55. The Hall–Kier alpha value is -1.69. The second-order valence-corrected chi connectivity index (χ2v) is 7.64. The van der Waals surface area contributed by atoms with Gasteiger partial charge in [0.1, 0.15) is 0 Å². The van der Waals surface area contributed by atoms with E-state index in [0.29, 0.717) is 31.0 Å². The number of hydrogen-bond acceptors (Lipinski definition) is 3. The van der Waals surface area contributed by atoms with Crippen molar-refractivity contribution < 1.29 is 8.42 Å². The first kappa shape index (κ1) is 17.7. The fourth-order valence-corrected chi connectivity index (χ4v) is 4.24. The Balaban J connectivity index is 2.38. The number of benzene rings is 2. The van der Waals surface area contributed by atoms with Crippen molar-refractivity contribution in [2.75, 3.05) is 13.1 Å². The predicted octanol–water partition coefficient (Wildman–Crippen LogP) is 2.84. The molecule has 4 nitrogen and oxygen atoms in total. The Kier molecular flexibility index (Phi) is 5.93. The van der Waals surface area contributed by atoms with Crippen molar-refractivity contribution in [2.45, 2.75) is 31.7 Å². The zero-order valence-corrected chi connectivity index (χ0v) is 14.5. The summed E-state index contributed by atoms with van der Waals surface area (Å²) in [5, 5.41) is 0. The molecule has 0 aromatic heterocycles. The molecular weight excluding hydrogens is 308 g/mol. The minimum absolute atomic E-state index is 0.358. The van der Waals surface area contributed by atoms with E-state index in [1.54, 1.807) is 6.07 Å². The van der Waals surface area contributed by atoms with Gasteiger partial charge in [0.05, 0.1) is 4.90 Å². The van der Waals surface area contributed by atoms with Crippen LogP contribution in [-0.4, -0.2) is 25.8 Å². The summed E-state index contributed by atoms with van der Waals surface area (Å²) in [6, 6.07) is 15.2. The van der Waals surface area contributed by atoms with E-state index in [-0.39, 0.29) is 0 Å². The molecule has 0 spiro atoms. The highest BCUT2D eigenvalue weighted by Crippen LogP contribution is 2.23. The van der Waals surface area contributed by atoms with E-state index in [9.17, 15) is 8.42 Å². The van der Waals surface area contributed by atoms with Gasteiger partial charge in [-0.2, -0.15) is 4.31 Å². The summed E-state index contributed by atoms with van der Waals surface area (Å²) in [4.78, 5) is 0.380. The van der Waals surface area contributed by atoms with Crippen LogP contribution in [0.1, 0.15) is 23.1 Å². The van der Waals surface area contributed by atoms with Crippen LogP contribution < -0.4 is 5.73 Å². The van der Waals surface area contributed by atoms with Gasteiger partial charge in [-0.3, -0.25) is 0 Å². The van der Waals surface area contributed by atoms with Crippen LogP contribution in [0, 0.1) is 13.8 Å². The Bertz CT molecular complexity index is 743. The van der Waals surface area contributed by atoms with E-state index in [0.717, 1.165) is 16.7 Å². The van der Waals surface area contributed by atoms with Gasteiger partial charge in [-0.15, -0.1) is 0 Å². The number of rotatable bonds is 7. The van der Waals surface area contributed by atoms with Gasteiger partial charge in [0.15, 0.2) is 0 Å². The molecule has 2 N–H and O–H groups in total. The van der Waals surface area contributed by atoms with Gasteiger partial charge >= 0.3 is 0 Å². The molecule has 5 heteroatoms. The molecule has 0 aliphatic rings. The monoisotopic (exact) mass is 332 g/mol. The van der Waals surface area contributed by atoms with Crippen molar-refractivity contribution in [2.24, 2.45) is 5.73 Å². The van der Waals surface area contributed by atoms with Crippen LogP contribution in [-0.2, 0) is 16.6 Å². The number of nitrogens with two attached hydrogens (primary N) is 1. The average Bonchev–Trinajstić information content (AvgIpc) is 2.54. The molecule has 0 unspecified atom stereocenters. The molecule has 0 amide bonds. The highest BCUT2D eigenvalue weighted by Gasteiger charge is 2.25. The molecule has 0 heterocycles. The van der Waals surface area contributed by atoms with Crippen LogP contribution in [0.3, 0.4) is 0 Å². The van der Waals surface area contributed by atoms with Crippen molar-refractivity contribution in [3.8, 4) is 0 Å². The van der Waals surface area contributed by atoms with Gasteiger partial charge in [-0.05, 0) is 49.6 Å². The van der Waals surface area contributed by atoms with Gasteiger partial charge in [0.2, 0.25) is 10.0 Å². The van der Waals surface area contributed by atoms with Crippen LogP contribution in [0.25, 0.3) is 0 Å². The smallest absolute Gasteiger partial charge is 0.243 e. The number of hydrogen-bond donors (Lipinski definition) is 1. The second kappa shape index (κ2) is 7.73. The Labute approximate surface area is 139 Å². The lowest BCUT2D eigenvalue weighted by Crippen LogP contribution is -2.33. The normalized spacial score (nSPS) is 11.8. The molecule has 0 aliphatic heterocycles. The molecule has 0 saturated heterocycles. The average molecular weight is 332 g/mol. The van der Waals surface area contributed by atoms with Crippen molar-refractivity contribution >= 4 is 10.0 Å². The zero-order chi connectivity index (χ0) is 16.9. The lowest BCUT2D eigenvalue weighted by atomic mass is 10.2. The molecule has 0 bridgehead atoms. The maximum Gasteiger partial charge on any atom is 0.243 e. The van der Waals surface area contributed by atoms with Gasteiger partial charge in [0.25, 0.3) is 0 Å². The highest BCUT2D eigenvalue weighted by atomic mass is 32.2. The van der Waals surface area contributed by atoms with E-state index in [2.05, 4.69) is 0 Å². The van der Waals surface area contributed by atoms with Crippen molar-refractivity contribution in [3.63, 3.8) is 0 Å². The molecule has 0 atom stereocenters. The molecule has 0 fully saturated rings. The fourth-order valence-electron chi connectivity index (χ4n) is 2.46. The summed E-state index contributed by atoms with van der Waals surface area (Å²) in [5.74, 6) is 0. The SMILES string of the molecule is Cc1ccc(C)c(S(=O)(=O)N(CCCN)Cc2ccccc2)c1. The predicted molar refractivity (Wildman–Crippen MR) is 93.6 cm³/mol. The molecule has 0 saturated carbocycles. The quantitative estimate of drug-likeness (QED) is 0.848. The summed E-state index contributed by atoms with van der Waals surface area (Å²) < 4.78 is 27.7. The number of nitrogens with zero attached hydrogens (tertiary/aromatic N) is 1. The maximum absolute atomic E-state index is 13.1. The van der Waals surface area contributed by atoms with Crippen molar-refractivity contribution in [1.29, 1.82) is 0 Å². The van der Waals surface area contributed by atoms with Gasteiger partial charge in [0, 0.05) is 13.1 Å². The Morgan fingerprint density at radius 2 is 1.74 bits per heavy atom. The molecule has 2 aromatic rings.